The summed E-state index contributed by atoms with van der Waals surface area (Å²) in [6, 6.07) is 1.63. The third-order valence-electron chi connectivity index (χ3n) is 4.69. The van der Waals surface area contributed by atoms with Gasteiger partial charge in [-0.05, 0) is 31.1 Å². The maximum Gasteiger partial charge on any atom is 0.327 e. The summed E-state index contributed by atoms with van der Waals surface area (Å²) in [5, 5.41) is 6.95. The van der Waals surface area contributed by atoms with E-state index in [1.54, 1.807) is 12.3 Å². The van der Waals surface area contributed by atoms with Gasteiger partial charge in [0.15, 0.2) is 5.82 Å². The Morgan fingerprint density at radius 2 is 2.24 bits per heavy atom. The lowest BCUT2D eigenvalue weighted by Crippen LogP contribution is -2.42. The first-order chi connectivity index (χ1) is 10.1. The Morgan fingerprint density at radius 3 is 2.90 bits per heavy atom. The van der Waals surface area contributed by atoms with Crippen molar-refractivity contribution in [2.75, 3.05) is 12.4 Å². The molecule has 1 aromatic heterocycles. The zero-order valence-electron chi connectivity index (χ0n) is 12.0. The number of nitrogens with zero attached hydrogens (tertiary/aromatic N) is 2. The summed E-state index contributed by atoms with van der Waals surface area (Å²) in [5.41, 5.74) is 6.16. The van der Waals surface area contributed by atoms with Crippen LogP contribution in [0.4, 0.5) is 5.82 Å². The molecule has 0 spiro atoms. The van der Waals surface area contributed by atoms with Gasteiger partial charge < -0.3 is 15.8 Å². The molecule has 4 unspecified atom stereocenters. The molecular weight excluding hydrogens is 272 g/mol. The standard InChI is InChI=1S/C14H20N4O3/c1-21-11(19)7-18-5-4-10(17-18)16-14(20)12-8-2-3-9(6-8)13(12)15/h4-5,8-9,12-13H,2-3,6-7,15H2,1H3,(H,16,17,20). The van der Waals surface area contributed by atoms with Crippen molar-refractivity contribution in [3.63, 3.8) is 0 Å². The molecule has 7 heteroatoms. The van der Waals surface area contributed by atoms with Crippen LogP contribution in [0.1, 0.15) is 19.3 Å². The lowest BCUT2D eigenvalue weighted by Gasteiger charge is -2.26. The van der Waals surface area contributed by atoms with Crippen LogP contribution >= 0.6 is 0 Å². The molecule has 1 heterocycles. The normalized spacial score (nSPS) is 30.4. The first kappa shape index (κ1) is 14.1. The van der Waals surface area contributed by atoms with Crippen LogP contribution in [0.15, 0.2) is 12.3 Å². The summed E-state index contributed by atoms with van der Waals surface area (Å²) in [6.07, 6.45) is 4.93. The molecule has 3 N–H and O–H groups in total. The Hall–Kier alpha value is -1.89. The number of carbonyl (C=O) groups is 2. The van der Waals surface area contributed by atoms with E-state index in [1.807, 2.05) is 0 Å². The Balaban J connectivity index is 1.61. The smallest absolute Gasteiger partial charge is 0.327 e. The number of methoxy groups -OCH3 is 1. The van der Waals surface area contributed by atoms with E-state index in [0.29, 0.717) is 17.7 Å². The lowest BCUT2D eigenvalue weighted by atomic mass is 9.84. The van der Waals surface area contributed by atoms with E-state index in [0.717, 1.165) is 19.3 Å². The van der Waals surface area contributed by atoms with Crippen molar-refractivity contribution in [3.8, 4) is 0 Å². The fraction of sp³-hybridized carbons (Fsp3) is 0.643. The molecule has 0 aliphatic heterocycles. The van der Waals surface area contributed by atoms with E-state index in [4.69, 9.17) is 5.73 Å². The Kier molecular flexibility index (Phi) is 3.67. The van der Waals surface area contributed by atoms with Crippen LogP contribution in [0, 0.1) is 17.8 Å². The molecular formula is C14H20N4O3. The van der Waals surface area contributed by atoms with Gasteiger partial charge in [-0.2, -0.15) is 5.10 Å². The van der Waals surface area contributed by atoms with Crippen LogP contribution < -0.4 is 11.1 Å². The molecule has 7 nitrogen and oxygen atoms in total. The number of nitrogens with one attached hydrogen (secondary N) is 1. The van der Waals surface area contributed by atoms with Crippen molar-refractivity contribution >= 4 is 17.7 Å². The van der Waals surface area contributed by atoms with Crippen LogP contribution in [0.5, 0.6) is 0 Å². The van der Waals surface area contributed by atoms with Crippen molar-refractivity contribution in [2.45, 2.75) is 31.8 Å². The minimum atomic E-state index is -0.383. The molecule has 2 aliphatic rings. The zero-order chi connectivity index (χ0) is 15.0. The number of esters is 1. The van der Waals surface area contributed by atoms with Gasteiger partial charge in [-0.25, -0.2) is 0 Å². The number of hydrogen-bond acceptors (Lipinski definition) is 5. The highest BCUT2D eigenvalue weighted by Gasteiger charge is 2.49. The van der Waals surface area contributed by atoms with Gasteiger partial charge in [-0.1, -0.05) is 0 Å². The quantitative estimate of drug-likeness (QED) is 0.781. The van der Waals surface area contributed by atoms with Crippen molar-refractivity contribution in [1.82, 2.24) is 9.78 Å². The topological polar surface area (TPSA) is 99.2 Å². The number of anilines is 1. The molecule has 1 aromatic rings. The Bertz CT molecular complexity index is 554. The average molecular weight is 292 g/mol. The van der Waals surface area contributed by atoms with Crippen LogP contribution in [0.25, 0.3) is 0 Å². The molecule has 2 saturated carbocycles. The van der Waals surface area contributed by atoms with Crippen LogP contribution in [-0.2, 0) is 20.9 Å². The second-order valence-corrected chi connectivity index (χ2v) is 5.90. The van der Waals surface area contributed by atoms with Crippen molar-refractivity contribution < 1.29 is 14.3 Å². The van der Waals surface area contributed by atoms with E-state index < -0.39 is 0 Å². The third-order valence-corrected chi connectivity index (χ3v) is 4.69. The van der Waals surface area contributed by atoms with Gasteiger partial charge in [0, 0.05) is 18.3 Å². The summed E-state index contributed by atoms with van der Waals surface area (Å²) in [7, 11) is 1.32. The van der Waals surface area contributed by atoms with Crippen molar-refractivity contribution in [3.05, 3.63) is 12.3 Å². The predicted octanol–water partition coefficient (Wildman–Crippen LogP) is 0.368. The number of fused-ring (bicyclic) bond motifs is 2. The van der Waals surface area contributed by atoms with Crippen LogP contribution in [0.3, 0.4) is 0 Å². The lowest BCUT2D eigenvalue weighted by molar-refractivity contribution is -0.141. The summed E-state index contributed by atoms with van der Waals surface area (Å²) >= 11 is 0. The summed E-state index contributed by atoms with van der Waals surface area (Å²) < 4.78 is 6.00. The largest absolute Gasteiger partial charge is 0.468 e. The van der Waals surface area contributed by atoms with Crippen LogP contribution in [-0.4, -0.2) is 34.8 Å². The maximum absolute atomic E-state index is 12.4. The van der Waals surface area contributed by atoms with E-state index >= 15 is 0 Å². The van der Waals surface area contributed by atoms with Gasteiger partial charge >= 0.3 is 5.97 Å². The molecule has 21 heavy (non-hydrogen) atoms. The molecule has 114 valence electrons. The molecule has 2 aliphatic carbocycles. The second-order valence-electron chi connectivity index (χ2n) is 5.90. The van der Waals surface area contributed by atoms with E-state index in [-0.39, 0.29) is 30.4 Å². The first-order valence-corrected chi connectivity index (χ1v) is 7.25. The second kappa shape index (κ2) is 5.48. The van der Waals surface area contributed by atoms with Crippen molar-refractivity contribution in [1.29, 1.82) is 0 Å². The fourth-order valence-electron chi connectivity index (χ4n) is 3.65. The van der Waals surface area contributed by atoms with E-state index in [1.165, 1.54) is 11.8 Å². The molecule has 0 radical (unpaired) electrons. The number of aromatic nitrogens is 2. The molecule has 1 amide bonds. The van der Waals surface area contributed by atoms with Gasteiger partial charge in [-0.3, -0.25) is 14.3 Å². The minimum Gasteiger partial charge on any atom is -0.468 e. The third kappa shape index (κ3) is 2.65. The summed E-state index contributed by atoms with van der Waals surface area (Å²) in [6.45, 7) is 0.0278. The first-order valence-electron chi connectivity index (χ1n) is 7.25. The van der Waals surface area contributed by atoms with Gasteiger partial charge in [0.1, 0.15) is 6.54 Å². The number of ether oxygens (including phenoxy) is 1. The van der Waals surface area contributed by atoms with Gasteiger partial charge in [0.25, 0.3) is 0 Å². The SMILES string of the molecule is COC(=O)Cn1ccc(NC(=O)C2C3CCC(C3)C2N)n1. The molecule has 3 rings (SSSR count). The van der Waals surface area contributed by atoms with Gasteiger partial charge in [0.2, 0.25) is 5.91 Å². The summed E-state index contributed by atoms with van der Waals surface area (Å²) in [4.78, 5) is 23.5. The molecule has 4 atom stereocenters. The number of hydrogen-bond donors (Lipinski definition) is 2. The zero-order valence-corrected chi connectivity index (χ0v) is 12.0. The van der Waals surface area contributed by atoms with Crippen LogP contribution in [0.2, 0.25) is 0 Å². The highest BCUT2D eigenvalue weighted by Crippen LogP contribution is 2.47. The highest BCUT2D eigenvalue weighted by atomic mass is 16.5. The number of amides is 1. The van der Waals surface area contributed by atoms with Crippen molar-refractivity contribution in [2.24, 2.45) is 23.5 Å². The van der Waals surface area contributed by atoms with E-state index in [2.05, 4.69) is 15.2 Å². The van der Waals surface area contributed by atoms with Gasteiger partial charge in [-0.15, -0.1) is 0 Å². The fourth-order valence-corrected chi connectivity index (χ4v) is 3.65. The monoisotopic (exact) mass is 292 g/mol. The molecule has 2 fully saturated rings. The molecule has 0 saturated heterocycles. The number of carbonyl (C=O) groups excluding carboxylic acids is 2. The number of rotatable bonds is 4. The highest BCUT2D eigenvalue weighted by molar-refractivity contribution is 5.92. The number of nitrogens with two attached hydrogens (primary N) is 1. The van der Waals surface area contributed by atoms with E-state index in [9.17, 15) is 9.59 Å². The Labute approximate surface area is 122 Å². The minimum absolute atomic E-state index is 0.0278. The summed E-state index contributed by atoms with van der Waals surface area (Å²) in [5.74, 6) is 0.780. The predicted molar refractivity (Wildman–Crippen MR) is 75.2 cm³/mol. The molecule has 0 aromatic carbocycles. The molecule has 2 bridgehead atoms. The average Bonchev–Trinajstić information content (AvgIpc) is 3.14. The van der Waals surface area contributed by atoms with Gasteiger partial charge in [0.05, 0.1) is 13.0 Å². The maximum atomic E-state index is 12.4. The Morgan fingerprint density at radius 1 is 1.48 bits per heavy atom.